The highest BCUT2D eigenvalue weighted by molar-refractivity contribution is 4.81. The Morgan fingerprint density at radius 2 is 2.00 bits per heavy atom. The first-order valence-corrected chi connectivity index (χ1v) is 4.04. The highest BCUT2D eigenvalue weighted by Crippen LogP contribution is 2.34. The maximum Gasteiger partial charge on any atom is 0.160 e. The Hall–Kier alpha value is -0.0800. The average Bonchev–Trinajstić information content (AvgIpc) is 2.28. The summed E-state index contributed by atoms with van der Waals surface area (Å²) in [6.07, 6.45) is 1.76. The van der Waals surface area contributed by atoms with Gasteiger partial charge in [-0.1, -0.05) is 13.8 Å². The molecule has 0 aromatic rings. The summed E-state index contributed by atoms with van der Waals surface area (Å²) < 4.78 is 11.0. The second-order valence-electron chi connectivity index (χ2n) is 3.57. The lowest BCUT2D eigenvalue weighted by Gasteiger charge is -2.29. The van der Waals surface area contributed by atoms with Gasteiger partial charge in [0.05, 0.1) is 12.7 Å². The van der Waals surface area contributed by atoms with Crippen molar-refractivity contribution in [2.24, 2.45) is 11.8 Å². The van der Waals surface area contributed by atoms with E-state index in [9.17, 15) is 0 Å². The van der Waals surface area contributed by atoms with Crippen LogP contribution >= 0.6 is 0 Å². The van der Waals surface area contributed by atoms with Gasteiger partial charge in [-0.2, -0.15) is 0 Å². The molecule has 2 heteroatoms. The highest BCUT2D eigenvalue weighted by Gasteiger charge is 2.39. The lowest BCUT2D eigenvalue weighted by molar-refractivity contribution is -0.129. The largest absolute Gasteiger partial charge is 0.350 e. The molecule has 0 N–H and O–H groups in total. The van der Waals surface area contributed by atoms with Crippen molar-refractivity contribution >= 4 is 0 Å². The zero-order valence-corrected chi connectivity index (χ0v) is 6.54. The third kappa shape index (κ3) is 0.867. The molecule has 2 saturated heterocycles. The molecule has 4 atom stereocenters. The Balaban J connectivity index is 2.09. The summed E-state index contributed by atoms with van der Waals surface area (Å²) in [7, 11) is 0. The number of ether oxygens (including phenoxy) is 2. The van der Waals surface area contributed by atoms with Crippen LogP contribution in [0.25, 0.3) is 0 Å². The van der Waals surface area contributed by atoms with E-state index in [1.165, 1.54) is 6.42 Å². The van der Waals surface area contributed by atoms with E-state index in [0.717, 1.165) is 6.61 Å². The fourth-order valence-corrected chi connectivity index (χ4v) is 1.89. The molecule has 10 heavy (non-hydrogen) atoms. The predicted octanol–water partition coefficient (Wildman–Crippen LogP) is 1.40. The maximum atomic E-state index is 5.60. The van der Waals surface area contributed by atoms with E-state index >= 15 is 0 Å². The second kappa shape index (κ2) is 2.21. The van der Waals surface area contributed by atoms with E-state index in [-0.39, 0.29) is 6.29 Å². The van der Waals surface area contributed by atoms with Crippen LogP contribution in [0.5, 0.6) is 0 Å². The Kier molecular flexibility index (Phi) is 1.46. The van der Waals surface area contributed by atoms with Crippen LogP contribution in [-0.4, -0.2) is 19.0 Å². The first-order valence-electron chi connectivity index (χ1n) is 4.04. The summed E-state index contributed by atoms with van der Waals surface area (Å²) in [6.45, 7) is 5.25. The third-order valence-electron chi connectivity index (χ3n) is 2.58. The summed E-state index contributed by atoms with van der Waals surface area (Å²) >= 11 is 0. The Bertz CT molecular complexity index is 121. The molecule has 0 saturated carbocycles. The van der Waals surface area contributed by atoms with E-state index in [2.05, 4.69) is 13.8 Å². The summed E-state index contributed by atoms with van der Waals surface area (Å²) in [4.78, 5) is 0. The quantitative estimate of drug-likeness (QED) is 0.509. The van der Waals surface area contributed by atoms with Gasteiger partial charge in [0.25, 0.3) is 0 Å². The number of rotatable bonds is 0. The summed E-state index contributed by atoms with van der Waals surface area (Å²) in [6, 6.07) is 0. The zero-order chi connectivity index (χ0) is 7.14. The van der Waals surface area contributed by atoms with E-state index in [1.54, 1.807) is 0 Å². The molecule has 2 nitrogen and oxygen atoms in total. The molecular formula is C8H14O2. The Labute approximate surface area is 61.5 Å². The number of hydrogen-bond acceptors (Lipinski definition) is 2. The van der Waals surface area contributed by atoms with Crippen molar-refractivity contribution in [3.63, 3.8) is 0 Å². The summed E-state index contributed by atoms with van der Waals surface area (Å²) in [5.74, 6) is 1.28. The number of fused-ring (bicyclic) bond motifs is 2. The molecule has 2 heterocycles. The van der Waals surface area contributed by atoms with Crippen LogP contribution < -0.4 is 0 Å². The van der Waals surface area contributed by atoms with E-state index in [1.807, 2.05) is 0 Å². The molecule has 2 fully saturated rings. The summed E-state index contributed by atoms with van der Waals surface area (Å²) in [5, 5.41) is 0. The lowest BCUT2D eigenvalue weighted by Crippen LogP contribution is -2.32. The third-order valence-corrected chi connectivity index (χ3v) is 2.58. The molecule has 2 aliphatic rings. The van der Waals surface area contributed by atoms with Crippen LogP contribution in [-0.2, 0) is 9.47 Å². The first-order chi connectivity index (χ1) is 4.77. The normalized spacial score (nSPS) is 53.4. The van der Waals surface area contributed by atoms with Crippen LogP contribution in [0.1, 0.15) is 20.3 Å². The molecule has 0 aliphatic carbocycles. The average molecular weight is 142 g/mol. The Morgan fingerprint density at radius 1 is 1.20 bits per heavy atom. The molecule has 0 unspecified atom stereocenters. The first kappa shape index (κ1) is 6.62. The van der Waals surface area contributed by atoms with E-state index < -0.39 is 0 Å². The van der Waals surface area contributed by atoms with Crippen LogP contribution in [0.3, 0.4) is 0 Å². The van der Waals surface area contributed by atoms with Gasteiger partial charge in [-0.05, 0) is 12.3 Å². The molecule has 58 valence electrons. The van der Waals surface area contributed by atoms with Crippen molar-refractivity contribution < 1.29 is 9.47 Å². The molecule has 2 aliphatic heterocycles. The van der Waals surface area contributed by atoms with Crippen molar-refractivity contribution in [2.45, 2.75) is 32.7 Å². The van der Waals surface area contributed by atoms with Crippen LogP contribution in [0, 0.1) is 11.8 Å². The van der Waals surface area contributed by atoms with Crippen molar-refractivity contribution in [3.8, 4) is 0 Å². The highest BCUT2D eigenvalue weighted by atomic mass is 16.7. The molecule has 0 radical (unpaired) electrons. The molecule has 2 rings (SSSR count). The second-order valence-corrected chi connectivity index (χ2v) is 3.57. The maximum absolute atomic E-state index is 5.60. The van der Waals surface area contributed by atoms with Gasteiger partial charge in [0.15, 0.2) is 6.29 Å². The number of hydrogen-bond donors (Lipinski definition) is 0. The molecule has 0 spiro atoms. The Morgan fingerprint density at radius 3 is 2.80 bits per heavy atom. The molecule has 0 aromatic carbocycles. The molecule has 0 aromatic heterocycles. The van der Waals surface area contributed by atoms with Crippen molar-refractivity contribution in [2.75, 3.05) is 6.61 Å². The van der Waals surface area contributed by atoms with E-state index in [0.29, 0.717) is 17.9 Å². The van der Waals surface area contributed by atoms with Gasteiger partial charge in [-0.15, -0.1) is 0 Å². The van der Waals surface area contributed by atoms with Gasteiger partial charge < -0.3 is 9.47 Å². The van der Waals surface area contributed by atoms with Crippen LogP contribution in [0.2, 0.25) is 0 Å². The fourth-order valence-electron chi connectivity index (χ4n) is 1.89. The minimum absolute atomic E-state index is 0.112. The SMILES string of the molecule is C[C@@H]1C[C@H](C)[C@H]2CO[C@H]1O2. The van der Waals surface area contributed by atoms with Gasteiger partial charge in [0.1, 0.15) is 0 Å². The van der Waals surface area contributed by atoms with Crippen molar-refractivity contribution in [1.29, 1.82) is 0 Å². The minimum Gasteiger partial charge on any atom is -0.350 e. The minimum atomic E-state index is 0.112. The lowest BCUT2D eigenvalue weighted by atomic mass is 9.91. The standard InChI is InChI=1S/C8H14O2/c1-5-3-6(2)8-9-4-7(5)10-8/h5-8H,3-4H2,1-2H3/t5-,6+,7+,8-/m0/s1. The van der Waals surface area contributed by atoms with Gasteiger partial charge in [-0.25, -0.2) is 0 Å². The summed E-state index contributed by atoms with van der Waals surface area (Å²) in [5.41, 5.74) is 0. The monoisotopic (exact) mass is 142 g/mol. The molecular weight excluding hydrogens is 128 g/mol. The van der Waals surface area contributed by atoms with E-state index in [4.69, 9.17) is 9.47 Å². The van der Waals surface area contributed by atoms with Crippen LogP contribution in [0.15, 0.2) is 0 Å². The van der Waals surface area contributed by atoms with Gasteiger partial charge >= 0.3 is 0 Å². The van der Waals surface area contributed by atoms with Crippen LogP contribution in [0.4, 0.5) is 0 Å². The predicted molar refractivity (Wildman–Crippen MR) is 37.6 cm³/mol. The smallest absolute Gasteiger partial charge is 0.160 e. The van der Waals surface area contributed by atoms with Gasteiger partial charge in [0.2, 0.25) is 0 Å². The van der Waals surface area contributed by atoms with Crippen molar-refractivity contribution in [1.82, 2.24) is 0 Å². The van der Waals surface area contributed by atoms with Gasteiger partial charge in [-0.3, -0.25) is 0 Å². The fraction of sp³-hybridized carbons (Fsp3) is 1.00. The van der Waals surface area contributed by atoms with Crippen molar-refractivity contribution in [3.05, 3.63) is 0 Å². The zero-order valence-electron chi connectivity index (χ0n) is 6.54. The topological polar surface area (TPSA) is 18.5 Å². The van der Waals surface area contributed by atoms with Gasteiger partial charge in [0, 0.05) is 5.92 Å². The molecule has 0 amide bonds. The molecule has 2 bridgehead atoms.